The van der Waals surface area contributed by atoms with Crippen LogP contribution in [0.5, 0.6) is 0 Å². The number of amidine groups is 1. The van der Waals surface area contributed by atoms with Crippen LogP contribution in [0.2, 0.25) is 0 Å². The summed E-state index contributed by atoms with van der Waals surface area (Å²) in [4.78, 5) is 22.8. The quantitative estimate of drug-likeness (QED) is 0.108. The predicted octanol–water partition coefficient (Wildman–Crippen LogP) is 5.27. The number of pyridine rings is 1. The molecule has 10 heteroatoms. The van der Waals surface area contributed by atoms with Crippen LogP contribution in [0.25, 0.3) is 0 Å². The first-order valence-corrected chi connectivity index (χ1v) is 12.1. The van der Waals surface area contributed by atoms with Gasteiger partial charge in [0.05, 0.1) is 11.8 Å². The number of carbonyl (C=O) groups excluding carboxylic acids is 1. The summed E-state index contributed by atoms with van der Waals surface area (Å²) >= 11 is 0. The number of nitrogens with one attached hydrogen (secondary N) is 3. The molecular weight excluding hydrogens is 458 g/mol. The molecule has 0 fully saturated rings. The molecule has 0 aliphatic carbocycles. The third kappa shape index (κ3) is 8.53. The van der Waals surface area contributed by atoms with Gasteiger partial charge < -0.3 is 14.9 Å². The Labute approximate surface area is 213 Å². The second-order valence-corrected chi connectivity index (χ2v) is 8.63. The Kier molecular flexibility index (Phi) is 11.6. The maximum atomic E-state index is 12.8. The predicted molar refractivity (Wildman–Crippen MR) is 140 cm³/mol. The Balaban J connectivity index is 2.03. The van der Waals surface area contributed by atoms with E-state index in [1.54, 1.807) is 30.3 Å². The van der Waals surface area contributed by atoms with E-state index in [1.165, 1.54) is 7.05 Å². The Morgan fingerprint density at radius 1 is 1.14 bits per heavy atom. The smallest absolute Gasteiger partial charge is 0.228 e. The molecule has 36 heavy (non-hydrogen) atoms. The third-order valence-electron chi connectivity index (χ3n) is 5.99. The van der Waals surface area contributed by atoms with Gasteiger partial charge in [-0.25, -0.2) is 9.99 Å². The van der Waals surface area contributed by atoms with Crippen molar-refractivity contribution in [3.05, 3.63) is 59.8 Å². The number of likely N-dealkylation sites (N-methyl/N-ethyl adjacent to an activating group) is 1. The van der Waals surface area contributed by atoms with Gasteiger partial charge >= 0.3 is 0 Å². The van der Waals surface area contributed by atoms with Crippen LogP contribution in [0.3, 0.4) is 0 Å². The van der Waals surface area contributed by atoms with Crippen LogP contribution in [0.1, 0.15) is 51.8 Å². The van der Waals surface area contributed by atoms with Gasteiger partial charge in [-0.1, -0.05) is 74.0 Å². The van der Waals surface area contributed by atoms with Crippen LogP contribution in [-0.4, -0.2) is 47.2 Å². The first-order valence-electron chi connectivity index (χ1n) is 12.1. The summed E-state index contributed by atoms with van der Waals surface area (Å²) in [5, 5.41) is 19.6. The molecule has 0 saturated carbocycles. The van der Waals surface area contributed by atoms with Gasteiger partial charge in [-0.3, -0.25) is 10.2 Å². The maximum absolute atomic E-state index is 12.8. The van der Waals surface area contributed by atoms with E-state index in [0.717, 1.165) is 17.9 Å². The number of hydrogen-bond donors (Lipinski definition) is 3. The first kappa shape index (κ1) is 28.6. The van der Waals surface area contributed by atoms with Crippen LogP contribution in [0.15, 0.2) is 58.9 Å². The standard InChI is InChI=1S/C26H37N7O3/c1-6-7-16-35-20(4)18(2)19(3)26(34)30-23-15-11-14-22(29-23)17-36-31-24(25(27)33(5)32-28)21-12-9-8-10-13-21/h8-15,18-20,27-28H,6-7,16-17H2,1-5H3,(H,29,30,34). The van der Waals surface area contributed by atoms with Crippen LogP contribution >= 0.6 is 0 Å². The number of nitrogens with zero attached hydrogens (tertiary/aromatic N) is 4. The SMILES string of the molecule is CCCCOC(C)C(C)C(C)C(=O)Nc1cccc(CON=C(C(=N)N(C)N=N)c2ccccc2)n1. The number of anilines is 1. The topological polar surface area (TPSA) is 136 Å². The molecule has 0 aliphatic rings. The highest BCUT2D eigenvalue weighted by molar-refractivity contribution is 6.46. The minimum atomic E-state index is -0.258. The number of rotatable bonds is 14. The number of unbranched alkanes of at least 4 members (excludes halogenated alkanes) is 1. The normalized spacial score (nSPS) is 13.9. The van der Waals surface area contributed by atoms with E-state index in [4.69, 9.17) is 20.5 Å². The van der Waals surface area contributed by atoms with E-state index in [0.29, 0.717) is 23.7 Å². The monoisotopic (exact) mass is 495 g/mol. The summed E-state index contributed by atoms with van der Waals surface area (Å²) in [5.41, 5.74) is 8.62. The number of oxime groups is 1. The average Bonchev–Trinajstić information content (AvgIpc) is 2.90. The molecule has 0 saturated heterocycles. The fraction of sp³-hybridized carbons (Fsp3) is 0.462. The molecule has 3 atom stereocenters. The zero-order chi connectivity index (χ0) is 26.5. The van der Waals surface area contributed by atoms with E-state index in [9.17, 15) is 4.79 Å². The summed E-state index contributed by atoms with van der Waals surface area (Å²) in [6, 6.07) is 14.4. The number of amides is 1. The van der Waals surface area contributed by atoms with Gasteiger partial charge in [-0.15, -0.1) is 0 Å². The zero-order valence-electron chi connectivity index (χ0n) is 21.7. The summed E-state index contributed by atoms with van der Waals surface area (Å²) in [6.45, 7) is 8.75. The molecule has 1 aromatic carbocycles. The van der Waals surface area contributed by atoms with Crippen molar-refractivity contribution in [2.24, 2.45) is 22.2 Å². The summed E-state index contributed by atoms with van der Waals surface area (Å²) in [5.74, 6) is 0.00231. The second-order valence-electron chi connectivity index (χ2n) is 8.63. The Morgan fingerprint density at radius 2 is 1.86 bits per heavy atom. The number of hydrogen-bond acceptors (Lipinski definition) is 8. The van der Waals surface area contributed by atoms with E-state index in [1.807, 2.05) is 39.0 Å². The lowest BCUT2D eigenvalue weighted by molar-refractivity contribution is -0.122. The largest absolute Gasteiger partial charge is 0.389 e. The molecule has 0 bridgehead atoms. The molecule has 3 unspecified atom stereocenters. The van der Waals surface area contributed by atoms with Crippen molar-refractivity contribution < 1.29 is 14.4 Å². The van der Waals surface area contributed by atoms with Crippen molar-refractivity contribution in [1.29, 1.82) is 10.9 Å². The Hall–Kier alpha value is -3.66. The van der Waals surface area contributed by atoms with Gasteiger partial charge in [0.25, 0.3) is 0 Å². The van der Waals surface area contributed by atoms with Gasteiger partial charge in [0.15, 0.2) is 18.2 Å². The highest BCUT2D eigenvalue weighted by Gasteiger charge is 2.26. The van der Waals surface area contributed by atoms with Crippen molar-refractivity contribution in [3.63, 3.8) is 0 Å². The Bertz CT molecular complexity index is 1030. The fourth-order valence-corrected chi connectivity index (χ4v) is 3.28. The van der Waals surface area contributed by atoms with Gasteiger partial charge in [-0.05, 0) is 31.4 Å². The number of benzene rings is 1. The van der Waals surface area contributed by atoms with Gasteiger partial charge in [-0.2, -0.15) is 5.53 Å². The zero-order valence-corrected chi connectivity index (χ0v) is 21.7. The molecule has 1 heterocycles. The van der Waals surface area contributed by atoms with Crippen LogP contribution in [0.4, 0.5) is 5.82 Å². The molecule has 1 aromatic heterocycles. The second kappa shape index (κ2) is 14.7. The molecule has 194 valence electrons. The molecule has 10 nitrogen and oxygen atoms in total. The van der Waals surface area contributed by atoms with E-state index >= 15 is 0 Å². The minimum absolute atomic E-state index is 0.0257. The van der Waals surface area contributed by atoms with Gasteiger partial charge in [0, 0.05) is 25.1 Å². The molecule has 2 aromatic rings. The molecule has 0 spiro atoms. The molecular formula is C26H37N7O3. The summed E-state index contributed by atoms with van der Waals surface area (Å²) < 4.78 is 5.86. The van der Waals surface area contributed by atoms with Crippen LogP contribution in [-0.2, 0) is 21.0 Å². The van der Waals surface area contributed by atoms with E-state index < -0.39 is 0 Å². The molecule has 1 amide bonds. The fourth-order valence-electron chi connectivity index (χ4n) is 3.28. The third-order valence-corrected chi connectivity index (χ3v) is 5.99. The first-order chi connectivity index (χ1) is 17.3. The van der Waals surface area contributed by atoms with Gasteiger partial charge in [0.2, 0.25) is 5.91 Å². The molecule has 0 radical (unpaired) electrons. The average molecular weight is 496 g/mol. The minimum Gasteiger partial charge on any atom is -0.389 e. The van der Waals surface area contributed by atoms with Gasteiger partial charge in [0.1, 0.15) is 5.82 Å². The highest BCUT2D eigenvalue weighted by atomic mass is 16.6. The summed E-state index contributed by atoms with van der Waals surface area (Å²) in [7, 11) is 1.49. The maximum Gasteiger partial charge on any atom is 0.228 e. The molecule has 2 rings (SSSR count). The Morgan fingerprint density at radius 3 is 2.53 bits per heavy atom. The van der Waals surface area contributed by atoms with Crippen molar-refractivity contribution in [2.75, 3.05) is 19.0 Å². The van der Waals surface area contributed by atoms with E-state index in [-0.39, 0.29) is 42.0 Å². The van der Waals surface area contributed by atoms with Crippen molar-refractivity contribution in [1.82, 2.24) is 9.99 Å². The van der Waals surface area contributed by atoms with Crippen molar-refractivity contribution >= 4 is 23.3 Å². The molecule has 3 N–H and O–H groups in total. The lowest BCUT2D eigenvalue weighted by Crippen LogP contribution is -2.33. The van der Waals surface area contributed by atoms with E-state index in [2.05, 4.69) is 27.6 Å². The van der Waals surface area contributed by atoms with Crippen LogP contribution < -0.4 is 5.32 Å². The van der Waals surface area contributed by atoms with Crippen molar-refractivity contribution in [2.45, 2.75) is 53.2 Å². The lowest BCUT2D eigenvalue weighted by atomic mass is 9.90. The number of ether oxygens (including phenoxy) is 1. The summed E-state index contributed by atoms with van der Waals surface area (Å²) in [6.07, 6.45) is 2.05. The molecule has 0 aliphatic heterocycles. The van der Waals surface area contributed by atoms with Crippen molar-refractivity contribution in [3.8, 4) is 0 Å². The number of aromatic nitrogens is 1. The van der Waals surface area contributed by atoms with Crippen LogP contribution in [0, 0.1) is 22.8 Å². The highest BCUT2D eigenvalue weighted by Crippen LogP contribution is 2.20. The number of carbonyl (C=O) groups is 1. The lowest BCUT2D eigenvalue weighted by Gasteiger charge is -2.25.